The molecule has 2 heterocycles. The van der Waals surface area contributed by atoms with Crippen molar-refractivity contribution >= 4 is 17.3 Å². The van der Waals surface area contributed by atoms with Crippen molar-refractivity contribution in [3.05, 3.63) is 76.5 Å². The molecule has 2 aromatic carbocycles. The van der Waals surface area contributed by atoms with Gasteiger partial charge in [0.1, 0.15) is 0 Å². The smallest absolute Gasteiger partial charge is 0.330 e. The number of anilines is 2. The van der Waals surface area contributed by atoms with Crippen molar-refractivity contribution in [2.75, 3.05) is 43.4 Å². The minimum atomic E-state index is -0.194. The third-order valence-corrected chi connectivity index (χ3v) is 5.34. The highest BCUT2D eigenvalue weighted by Crippen LogP contribution is 2.27. The van der Waals surface area contributed by atoms with E-state index >= 15 is 0 Å². The minimum Gasteiger partial charge on any atom is -0.367 e. The van der Waals surface area contributed by atoms with E-state index in [0.717, 1.165) is 48.9 Å². The SMILES string of the molecule is Cc1c[nH]c(=O)n1-c1ccc(C(=O)Nc2ccccc2N2CCN(C)CC2)cc1. The Balaban J connectivity index is 1.52. The Labute approximate surface area is 169 Å². The lowest BCUT2D eigenvalue weighted by atomic mass is 10.1. The van der Waals surface area contributed by atoms with Crippen LogP contribution in [0, 0.1) is 6.92 Å². The van der Waals surface area contributed by atoms with Gasteiger partial charge in [-0.3, -0.25) is 9.36 Å². The number of rotatable bonds is 4. The van der Waals surface area contributed by atoms with E-state index in [1.165, 1.54) is 0 Å². The number of piperazine rings is 1. The zero-order valence-corrected chi connectivity index (χ0v) is 16.7. The molecule has 1 saturated heterocycles. The molecular weight excluding hydrogens is 366 g/mol. The number of hydrogen-bond acceptors (Lipinski definition) is 4. The monoisotopic (exact) mass is 391 g/mol. The van der Waals surface area contributed by atoms with Crippen LogP contribution in [0.15, 0.2) is 59.5 Å². The van der Waals surface area contributed by atoms with E-state index in [2.05, 4.69) is 27.1 Å². The van der Waals surface area contributed by atoms with Gasteiger partial charge in [0.05, 0.1) is 17.1 Å². The summed E-state index contributed by atoms with van der Waals surface area (Å²) < 4.78 is 1.57. The number of aromatic nitrogens is 2. The van der Waals surface area contributed by atoms with Gasteiger partial charge in [-0.15, -0.1) is 0 Å². The number of para-hydroxylation sites is 2. The van der Waals surface area contributed by atoms with E-state index in [1.807, 2.05) is 31.2 Å². The Morgan fingerprint density at radius 1 is 1.00 bits per heavy atom. The number of imidazole rings is 1. The summed E-state index contributed by atoms with van der Waals surface area (Å²) in [5.41, 5.74) is 3.74. The zero-order chi connectivity index (χ0) is 20.4. The van der Waals surface area contributed by atoms with Gasteiger partial charge in [-0.2, -0.15) is 0 Å². The summed E-state index contributed by atoms with van der Waals surface area (Å²) in [6, 6.07) is 14.9. The summed E-state index contributed by atoms with van der Waals surface area (Å²) in [6.45, 7) is 5.73. The summed E-state index contributed by atoms with van der Waals surface area (Å²) in [7, 11) is 2.12. The van der Waals surface area contributed by atoms with E-state index in [4.69, 9.17) is 0 Å². The van der Waals surface area contributed by atoms with Crippen LogP contribution in [0.4, 0.5) is 11.4 Å². The second kappa shape index (κ2) is 7.97. The van der Waals surface area contributed by atoms with E-state index in [0.29, 0.717) is 5.56 Å². The second-order valence-corrected chi connectivity index (χ2v) is 7.38. The van der Waals surface area contributed by atoms with Crippen LogP contribution < -0.4 is 15.9 Å². The summed E-state index contributed by atoms with van der Waals surface area (Å²) in [6.07, 6.45) is 1.66. The number of carbonyl (C=O) groups is 1. The van der Waals surface area contributed by atoms with Crippen molar-refractivity contribution in [1.82, 2.24) is 14.5 Å². The van der Waals surface area contributed by atoms with Crippen LogP contribution in [0.1, 0.15) is 16.1 Å². The highest BCUT2D eigenvalue weighted by Gasteiger charge is 2.18. The van der Waals surface area contributed by atoms with Gasteiger partial charge < -0.3 is 20.1 Å². The molecule has 4 rings (SSSR count). The molecule has 0 saturated carbocycles. The molecule has 0 spiro atoms. The largest absolute Gasteiger partial charge is 0.367 e. The molecule has 3 aromatic rings. The van der Waals surface area contributed by atoms with Crippen LogP contribution >= 0.6 is 0 Å². The molecule has 0 radical (unpaired) electrons. The van der Waals surface area contributed by atoms with Crippen molar-refractivity contribution in [3.8, 4) is 5.69 Å². The molecule has 1 fully saturated rings. The second-order valence-electron chi connectivity index (χ2n) is 7.38. The van der Waals surface area contributed by atoms with Crippen molar-refractivity contribution in [2.45, 2.75) is 6.92 Å². The maximum atomic E-state index is 12.8. The number of hydrogen-bond donors (Lipinski definition) is 2. The van der Waals surface area contributed by atoms with Gasteiger partial charge in [-0.05, 0) is 50.4 Å². The van der Waals surface area contributed by atoms with Crippen LogP contribution in [-0.4, -0.2) is 53.6 Å². The van der Waals surface area contributed by atoms with Crippen LogP contribution in [0.25, 0.3) is 5.69 Å². The van der Waals surface area contributed by atoms with E-state index in [-0.39, 0.29) is 11.6 Å². The van der Waals surface area contributed by atoms with Gasteiger partial charge in [0.2, 0.25) is 0 Å². The van der Waals surface area contributed by atoms with E-state index in [1.54, 1.807) is 35.0 Å². The number of aromatic amines is 1. The van der Waals surface area contributed by atoms with Gasteiger partial charge in [0.25, 0.3) is 5.91 Å². The molecule has 0 bridgehead atoms. The van der Waals surface area contributed by atoms with Crippen molar-refractivity contribution in [1.29, 1.82) is 0 Å². The number of nitrogens with one attached hydrogen (secondary N) is 2. The van der Waals surface area contributed by atoms with Crippen LogP contribution in [0.3, 0.4) is 0 Å². The van der Waals surface area contributed by atoms with Crippen LogP contribution in [0.5, 0.6) is 0 Å². The average Bonchev–Trinajstić information content (AvgIpc) is 3.07. The number of carbonyl (C=O) groups excluding carboxylic acids is 1. The third kappa shape index (κ3) is 3.95. The first-order chi connectivity index (χ1) is 14.0. The molecule has 1 amide bonds. The Morgan fingerprint density at radius 2 is 1.69 bits per heavy atom. The first kappa shape index (κ1) is 19.0. The summed E-state index contributed by atoms with van der Waals surface area (Å²) in [4.78, 5) is 32.0. The molecule has 0 aliphatic carbocycles. The topological polar surface area (TPSA) is 73.4 Å². The molecule has 0 atom stereocenters. The molecule has 7 heteroatoms. The van der Waals surface area contributed by atoms with E-state index < -0.39 is 0 Å². The highest BCUT2D eigenvalue weighted by molar-refractivity contribution is 6.06. The molecule has 7 nitrogen and oxygen atoms in total. The highest BCUT2D eigenvalue weighted by atomic mass is 16.2. The van der Waals surface area contributed by atoms with Crippen LogP contribution in [-0.2, 0) is 0 Å². The molecule has 150 valence electrons. The van der Waals surface area contributed by atoms with Gasteiger partial charge in [-0.25, -0.2) is 4.79 Å². The number of H-pyrrole nitrogens is 1. The van der Waals surface area contributed by atoms with Gasteiger partial charge in [-0.1, -0.05) is 12.1 Å². The Bertz CT molecular complexity index is 1060. The fourth-order valence-electron chi connectivity index (χ4n) is 3.64. The first-order valence-corrected chi connectivity index (χ1v) is 9.74. The summed E-state index contributed by atoms with van der Waals surface area (Å²) in [5.74, 6) is -0.170. The number of likely N-dealkylation sites (N-methyl/N-ethyl adjacent to an activating group) is 1. The third-order valence-electron chi connectivity index (χ3n) is 5.34. The fourth-order valence-corrected chi connectivity index (χ4v) is 3.64. The van der Waals surface area contributed by atoms with Crippen molar-refractivity contribution < 1.29 is 4.79 Å². The summed E-state index contributed by atoms with van der Waals surface area (Å²) >= 11 is 0. The predicted octanol–water partition coefficient (Wildman–Crippen LogP) is 2.48. The summed E-state index contributed by atoms with van der Waals surface area (Å²) in [5, 5.41) is 3.04. The molecule has 1 aliphatic rings. The minimum absolute atomic E-state index is 0.170. The lowest BCUT2D eigenvalue weighted by Gasteiger charge is -2.35. The lowest BCUT2D eigenvalue weighted by Crippen LogP contribution is -2.44. The Morgan fingerprint density at radius 3 is 2.34 bits per heavy atom. The number of aryl methyl sites for hydroxylation is 1. The van der Waals surface area contributed by atoms with Crippen molar-refractivity contribution in [2.24, 2.45) is 0 Å². The quantitative estimate of drug-likeness (QED) is 0.717. The normalized spacial score (nSPS) is 14.8. The maximum absolute atomic E-state index is 12.8. The molecule has 29 heavy (non-hydrogen) atoms. The zero-order valence-electron chi connectivity index (χ0n) is 16.7. The predicted molar refractivity (Wildman–Crippen MR) is 115 cm³/mol. The molecule has 1 aromatic heterocycles. The molecular formula is C22H25N5O2. The maximum Gasteiger partial charge on any atom is 0.330 e. The first-order valence-electron chi connectivity index (χ1n) is 9.74. The lowest BCUT2D eigenvalue weighted by molar-refractivity contribution is 0.102. The number of nitrogens with zero attached hydrogens (tertiary/aromatic N) is 3. The van der Waals surface area contributed by atoms with E-state index in [9.17, 15) is 9.59 Å². The Hall–Kier alpha value is -3.32. The fraction of sp³-hybridized carbons (Fsp3) is 0.273. The molecule has 0 unspecified atom stereocenters. The number of benzene rings is 2. The van der Waals surface area contributed by atoms with Crippen LogP contribution in [0.2, 0.25) is 0 Å². The Kier molecular flexibility index (Phi) is 5.22. The molecule has 1 aliphatic heterocycles. The van der Waals surface area contributed by atoms with Gasteiger partial charge in [0.15, 0.2) is 0 Å². The standard InChI is InChI=1S/C22H25N5O2/c1-16-15-23-22(29)27(16)18-9-7-17(8-10-18)21(28)24-19-5-3-4-6-20(19)26-13-11-25(2)12-14-26/h3-10,15H,11-14H2,1-2H3,(H,23,29)(H,24,28). The van der Waals surface area contributed by atoms with Gasteiger partial charge in [0, 0.05) is 43.6 Å². The molecule has 2 N–H and O–H groups in total. The van der Waals surface area contributed by atoms with Gasteiger partial charge >= 0.3 is 5.69 Å². The number of amides is 1. The average molecular weight is 391 g/mol. The van der Waals surface area contributed by atoms with Crippen molar-refractivity contribution in [3.63, 3.8) is 0 Å².